The molecule has 3 nitrogen and oxygen atoms in total. The van der Waals surface area contributed by atoms with E-state index in [9.17, 15) is 5.11 Å². The fourth-order valence-corrected chi connectivity index (χ4v) is 3.19. The highest BCUT2D eigenvalue weighted by atomic mass is 35.5. The molecule has 116 valence electrons. The Labute approximate surface area is 135 Å². The van der Waals surface area contributed by atoms with Crippen molar-refractivity contribution in [3.05, 3.63) is 64.7 Å². The van der Waals surface area contributed by atoms with Crippen molar-refractivity contribution in [1.29, 1.82) is 0 Å². The number of phenols is 1. The molecule has 4 heteroatoms. The molecule has 0 saturated carbocycles. The molecule has 0 spiro atoms. The SMILES string of the molecule is Oc1ccc(Cl)c(CNC2(c3ccccc3)CCOCC2)c1. The van der Waals surface area contributed by atoms with Crippen LogP contribution < -0.4 is 5.32 Å². The van der Waals surface area contributed by atoms with E-state index in [1.807, 2.05) is 6.07 Å². The van der Waals surface area contributed by atoms with E-state index < -0.39 is 0 Å². The van der Waals surface area contributed by atoms with E-state index in [0.717, 1.165) is 31.6 Å². The van der Waals surface area contributed by atoms with Crippen LogP contribution in [0.4, 0.5) is 0 Å². The molecule has 2 aromatic carbocycles. The average Bonchev–Trinajstić information content (AvgIpc) is 2.57. The first kappa shape index (κ1) is 15.3. The third-order valence-electron chi connectivity index (χ3n) is 4.32. The monoisotopic (exact) mass is 317 g/mol. The van der Waals surface area contributed by atoms with Gasteiger partial charge < -0.3 is 15.2 Å². The second-order valence-electron chi connectivity index (χ2n) is 5.69. The molecule has 0 unspecified atom stereocenters. The summed E-state index contributed by atoms with van der Waals surface area (Å²) in [5.41, 5.74) is 2.08. The van der Waals surface area contributed by atoms with Gasteiger partial charge in [0.05, 0.1) is 0 Å². The molecular weight excluding hydrogens is 298 g/mol. The summed E-state index contributed by atoms with van der Waals surface area (Å²) >= 11 is 6.23. The lowest BCUT2D eigenvalue weighted by atomic mass is 9.82. The molecule has 0 radical (unpaired) electrons. The highest BCUT2D eigenvalue weighted by Crippen LogP contribution is 2.33. The van der Waals surface area contributed by atoms with Crippen LogP contribution in [-0.2, 0) is 16.8 Å². The average molecular weight is 318 g/mol. The van der Waals surface area contributed by atoms with Gasteiger partial charge in [-0.3, -0.25) is 0 Å². The molecule has 2 N–H and O–H groups in total. The minimum Gasteiger partial charge on any atom is -0.508 e. The molecule has 1 heterocycles. The zero-order chi connectivity index (χ0) is 15.4. The van der Waals surface area contributed by atoms with E-state index in [1.165, 1.54) is 5.56 Å². The van der Waals surface area contributed by atoms with Crippen molar-refractivity contribution in [3.8, 4) is 5.75 Å². The minimum atomic E-state index is -0.103. The van der Waals surface area contributed by atoms with Gasteiger partial charge in [-0.25, -0.2) is 0 Å². The quantitative estimate of drug-likeness (QED) is 0.900. The van der Waals surface area contributed by atoms with Gasteiger partial charge >= 0.3 is 0 Å². The summed E-state index contributed by atoms with van der Waals surface area (Å²) < 4.78 is 5.54. The van der Waals surface area contributed by atoms with Gasteiger partial charge in [-0.05, 0) is 42.2 Å². The van der Waals surface area contributed by atoms with Crippen LogP contribution in [0.2, 0.25) is 5.02 Å². The molecule has 0 atom stereocenters. The van der Waals surface area contributed by atoms with Crippen molar-refractivity contribution in [1.82, 2.24) is 5.32 Å². The number of aromatic hydroxyl groups is 1. The van der Waals surface area contributed by atoms with Crippen molar-refractivity contribution in [2.45, 2.75) is 24.9 Å². The summed E-state index contributed by atoms with van der Waals surface area (Å²) in [6.45, 7) is 2.10. The van der Waals surface area contributed by atoms with Crippen LogP contribution in [-0.4, -0.2) is 18.3 Å². The normalized spacial score (nSPS) is 17.3. The lowest BCUT2D eigenvalue weighted by molar-refractivity contribution is 0.0358. The van der Waals surface area contributed by atoms with Crippen LogP contribution in [0.3, 0.4) is 0 Å². The second-order valence-corrected chi connectivity index (χ2v) is 6.10. The van der Waals surface area contributed by atoms with Gasteiger partial charge in [-0.15, -0.1) is 0 Å². The third-order valence-corrected chi connectivity index (χ3v) is 4.69. The van der Waals surface area contributed by atoms with Gasteiger partial charge in [0.1, 0.15) is 5.75 Å². The predicted octanol–water partition coefficient (Wildman–Crippen LogP) is 3.84. The highest BCUT2D eigenvalue weighted by Gasteiger charge is 2.33. The summed E-state index contributed by atoms with van der Waals surface area (Å²) in [4.78, 5) is 0. The largest absolute Gasteiger partial charge is 0.508 e. The maximum Gasteiger partial charge on any atom is 0.116 e. The predicted molar refractivity (Wildman–Crippen MR) is 88.1 cm³/mol. The standard InChI is InChI=1S/C18H20ClNO2/c19-17-7-6-16(21)12-14(17)13-20-18(8-10-22-11-9-18)15-4-2-1-3-5-15/h1-7,12,20-21H,8-11,13H2. The summed E-state index contributed by atoms with van der Waals surface area (Å²) in [6.07, 6.45) is 1.85. The molecule has 0 aromatic heterocycles. The molecule has 22 heavy (non-hydrogen) atoms. The molecule has 0 bridgehead atoms. The van der Waals surface area contributed by atoms with E-state index in [1.54, 1.807) is 18.2 Å². The van der Waals surface area contributed by atoms with Crippen LogP contribution in [0.15, 0.2) is 48.5 Å². The highest BCUT2D eigenvalue weighted by molar-refractivity contribution is 6.31. The Morgan fingerprint density at radius 2 is 1.82 bits per heavy atom. The first-order chi connectivity index (χ1) is 10.7. The van der Waals surface area contributed by atoms with E-state index >= 15 is 0 Å². The summed E-state index contributed by atoms with van der Waals surface area (Å²) in [5, 5.41) is 14.0. The van der Waals surface area contributed by atoms with Gasteiger partial charge in [-0.1, -0.05) is 41.9 Å². The number of hydrogen-bond donors (Lipinski definition) is 2. The molecule has 1 fully saturated rings. The number of benzene rings is 2. The lowest BCUT2D eigenvalue weighted by Crippen LogP contribution is -2.46. The lowest BCUT2D eigenvalue weighted by Gasteiger charge is -2.39. The molecule has 3 rings (SSSR count). The Kier molecular flexibility index (Phi) is 4.67. The van der Waals surface area contributed by atoms with Gasteiger partial charge in [0.25, 0.3) is 0 Å². The number of nitrogens with one attached hydrogen (secondary N) is 1. The molecular formula is C18H20ClNO2. The second kappa shape index (κ2) is 6.69. The molecule has 2 aromatic rings. The van der Waals surface area contributed by atoms with Gasteiger partial charge in [0.2, 0.25) is 0 Å². The van der Waals surface area contributed by atoms with Crippen LogP contribution >= 0.6 is 11.6 Å². The Morgan fingerprint density at radius 1 is 1.09 bits per heavy atom. The molecule has 1 aliphatic rings. The Hall–Kier alpha value is -1.55. The van der Waals surface area contributed by atoms with Gasteiger partial charge in [0, 0.05) is 30.3 Å². The summed E-state index contributed by atoms with van der Waals surface area (Å²) in [6, 6.07) is 15.5. The van der Waals surface area contributed by atoms with Gasteiger partial charge in [-0.2, -0.15) is 0 Å². The van der Waals surface area contributed by atoms with E-state index in [0.29, 0.717) is 11.6 Å². The van der Waals surface area contributed by atoms with Gasteiger partial charge in [0.15, 0.2) is 0 Å². The Bertz CT molecular complexity index is 624. The summed E-state index contributed by atoms with van der Waals surface area (Å²) in [5.74, 6) is 0.238. The number of rotatable bonds is 4. The van der Waals surface area contributed by atoms with Crippen molar-refractivity contribution >= 4 is 11.6 Å². The Morgan fingerprint density at radius 3 is 2.55 bits per heavy atom. The first-order valence-electron chi connectivity index (χ1n) is 7.55. The maximum absolute atomic E-state index is 9.65. The Balaban J connectivity index is 1.83. The molecule has 1 saturated heterocycles. The van der Waals surface area contributed by atoms with Crippen LogP contribution in [0, 0.1) is 0 Å². The number of halogens is 1. The van der Waals surface area contributed by atoms with Crippen LogP contribution in [0.5, 0.6) is 5.75 Å². The summed E-state index contributed by atoms with van der Waals surface area (Å²) in [7, 11) is 0. The van der Waals surface area contributed by atoms with Crippen molar-refractivity contribution in [2.75, 3.05) is 13.2 Å². The van der Waals surface area contributed by atoms with Crippen molar-refractivity contribution in [3.63, 3.8) is 0 Å². The van der Waals surface area contributed by atoms with Crippen molar-refractivity contribution < 1.29 is 9.84 Å². The molecule has 1 aliphatic heterocycles. The van der Waals surface area contributed by atoms with E-state index in [-0.39, 0.29) is 11.3 Å². The maximum atomic E-state index is 9.65. The fraction of sp³-hybridized carbons (Fsp3) is 0.333. The van der Waals surface area contributed by atoms with E-state index in [4.69, 9.17) is 16.3 Å². The topological polar surface area (TPSA) is 41.5 Å². The zero-order valence-corrected chi connectivity index (χ0v) is 13.1. The fourth-order valence-electron chi connectivity index (χ4n) is 3.01. The molecule has 0 amide bonds. The number of ether oxygens (including phenoxy) is 1. The third kappa shape index (κ3) is 3.27. The van der Waals surface area contributed by atoms with Crippen molar-refractivity contribution in [2.24, 2.45) is 0 Å². The van der Waals surface area contributed by atoms with Crippen LogP contribution in [0.1, 0.15) is 24.0 Å². The number of hydrogen-bond acceptors (Lipinski definition) is 3. The van der Waals surface area contributed by atoms with E-state index in [2.05, 4.69) is 29.6 Å². The van der Waals surface area contributed by atoms with Crippen LogP contribution in [0.25, 0.3) is 0 Å². The first-order valence-corrected chi connectivity index (χ1v) is 7.93. The smallest absolute Gasteiger partial charge is 0.116 e. The number of phenolic OH excluding ortho intramolecular Hbond substituents is 1. The minimum absolute atomic E-state index is 0.103. The molecule has 0 aliphatic carbocycles. The zero-order valence-electron chi connectivity index (χ0n) is 12.4.